The highest BCUT2D eigenvalue weighted by atomic mass is 14.1. The van der Waals surface area contributed by atoms with Crippen molar-refractivity contribution in [3.63, 3.8) is 0 Å². The molecule has 0 nitrogen and oxygen atoms in total. The average molecular weight is 162 g/mol. The molecule has 66 valence electrons. The summed E-state index contributed by atoms with van der Waals surface area (Å²) in [6.07, 6.45) is 12.8. The summed E-state index contributed by atoms with van der Waals surface area (Å²) in [7, 11) is 0. The molecule has 0 N–H and O–H groups in total. The maximum absolute atomic E-state index is 4.10. The van der Waals surface area contributed by atoms with Crippen molar-refractivity contribution in [1.82, 2.24) is 0 Å². The Morgan fingerprint density at radius 2 is 2.33 bits per heavy atom. The van der Waals surface area contributed by atoms with Crippen molar-refractivity contribution >= 4 is 0 Å². The lowest BCUT2D eigenvalue weighted by Crippen LogP contribution is -1.89. The van der Waals surface area contributed by atoms with Crippen LogP contribution in [0.25, 0.3) is 0 Å². The molecule has 0 aromatic rings. The van der Waals surface area contributed by atoms with E-state index in [2.05, 4.69) is 31.7 Å². The van der Waals surface area contributed by atoms with Crippen molar-refractivity contribution < 1.29 is 0 Å². The predicted octanol–water partition coefficient (Wildman–Crippen LogP) is 4.01. The summed E-state index contributed by atoms with van der Waals surface area (Å²) in [6, 6.07) is 0. The maximum atomic E-state index is 4.10. The van der Waals surface area contributed by atoms with Gasteiger partial charge in [0.05, 0.1) is 0 Å². The molecule has 0 unspecified atom stereocenters. The van der Waals surface area contributed by atoms with Crippen LogP contribution in [0.15, 0.2) is 36.0 Å². The third kappa shape index (κ3) is 2.69. The molecule has 0 spiro atoms. The first-order valence-corrected chi connectivity index (χ1v) is 4.89. The Kier molecular flexibility index (Phi) is 3.86. The molecule has 0 saturated heterocycles. The minimum absolute atomic E-state index is 1.16. The average Bonchev–Trinajstić information content (AvgIpc) is 2.15. The Balaban J connectivity index is 2.41. The van der Waals surface area contributed by atoms with E-state index in [1.54, 1.807) is 0 Å². The Morgan fingerprint density at radius 1 is 1.50 bits per heavy atom. The van der Waals surface area contributed by atoms with Crippen LogP contribution in [0, 0.1) is 0 Å². The number of unbranched alkanes of at least 4 members (excludes halogenated alkanes) is 1. The minimum atomic E-state index is 1.16. The fraction of sp³-hybridized carbons (Fsp3) is 0.500. The van der Waals surface area contributed by atoms with Crippen LogP contribution >= 0.6 is 0 Å². The van der Waals surface area contributed by atoms with Crippen LogP contribution in [-0.4, -0.2) is 0 Å². The zero-order chi connectivity index (χ0) is 8.81. The smallest absolute Gasteiger partial charge is 0.0273 e. The van der Waals surface area contributed by atoms with Crippen molar-refractivity contribution in [2.24, 2.45) is 0 Å². The van der Waals surface area contributed by atoms with Crippen LogP contribution in [0.5, 0.6) is 0 Å². The van der Waals surface area contributed by atoms with Gasteiger partial charge in [-0.2, -0.15) is 0 Å². The largest absolute Gasteiger partial charge is 0.0952 e. The van der Waals surface area contributed by atoms with Gasteiger partial charge in [0.25, 0.3) is 0 Å². The lowest BCUT2D eigenvalue weighted by atomic mass is 9.97. The number of hydrogen-bond donors (Lipinski definition) is 0. The lowest BCUT2D eigenvalue weighted by Gasteiger charge is -2.09. The van der Waals surface area contributed by atoms with Crippen LogP contribution in [0.3, 0.4) is 0 Å². The van der Waals surface area contributed by atoms with E-state index in [-0.39, 0.29) is 0 Å². The standard InChI is InChI=1S/C12H18/c1-3-4-8-11(2)12-9-6-5-7-10-12/h6,9-10H,2-5,7-8H2,1H3. The molecule has 0 heterocycles. The van der Waals surface area contributed by atoms with Crippen molar-refractivity contribution in [3.8, 4) is 0 Å². The van der Waals surface area contributed by atoms with E-state index < -0.39 is 0 Å². The van der Waals surface area contributed by atoms with Gasteiger partial charge in [0.15, 0.2) is 0 Å². The van der Waals surface area contributed by atoms with Gasteiger partial charge in [-0.25, -0.2) is 0 Å². The number of allylic oxidation sites excluding steroid dienone is 5. The van der Waals surface area contributed by atoms with Gasteiger partial charge in [-0.1, -0.05) is 38.2 Å². The summed E-state index contributed by atoms with van der Waals surface area (Å²) in [5, 5.41) is 0. The lowest BCUT2D eigenvalue weighted by molar-refractivity contribution is 0.793. The topological polar surface area (TPSA) is 0 Å². The molecule has 0 amide bonds. The molecule has 0 bridgehead atoms. The molecule has 0 heteroatoms. The summed E-state index contributed by atoms with van der Waals surface area (Å²) >= 11 is 0. The van der Waals surface area contributed by atoms with E-state index in [9.17, 15) is 0 Å². The van der Waals surface area contributed by atoms with Gasteiger partial charge in [-0.3, -0.25) is 0 Å². The van der Waals surface area contributed by atoms with Crippen molar-refractivity contribution in [3.05, 3.63) is 36.0 Å². The first kappa shape index (κ1) is 9.31. The first-order chi connectivity index (χ1) is 5.84. The molecule has 1 rings (SSSR count). The van der Waals surface area contributed by atoms with Crippen LogP contribution < -0.4 is 0 Å². The Morgan fingerprint density at radius 3 is 2.92 bits per heavy atom. The molecular weight excluding hydrogens is 144 g/mol. The molecule has 0 radical (unpaired) electrons. The van der Waals surface area contributed by atoms with Crippen LogP contribution in [0.1, 0.15) is 39.0 Å². The molecule has 0 fully saturated rings. The molecule has 0 aromatic carbocycles. The summed E-state index contributed by atoms with van der Waals surface area (Å²) in [5.74, 6) is 0. The molecule has 12 heavy (non-hydrogen) atoms. The van der Waals surface area contributed by atoms with Gasteiger partial charge >= 0.3 is 0 Å². The van der Waals surface area contributed by atoms with Gasteiger partial charge in [0, 0.05) is 0 Å². The third-order valence-electron chi connectivity index (χ3n) is 2.24. The SMILES string of the molecule is C=C(CCCC)C1=CCCC=C1. The molecule has 0 aromatic heterocycles. The fourth-order valence-corrected chi connectivity index (χ4v) is 1.41. The second-order valence-electron chi connectivity index (χ2n) is 3.35. The van der Waals surface area contributed by atoms with Gasteiger partial charge in [0.2, 0.25) is 0 Å². The van der Waals surface area contributed by atoms with E-state index in [1.807, 2.05) is 0 Å². The van der Waals surface area contributed by atoms with Crippen molar-refractivity contribution in [2.45, 2.75) is 39.0 Å². The Labute approximate surface area is 75.7 Å². The Bertz CT molecular complexity index is 206. The quantitative estimate of drug-likeness (QED) is 0.586. The van der Waals surface area contributed by atoms with Crippen LogP contribution in [-0.2, 0) is 0 Å². The van der Waals surface area contributed by atoms with Crippen LogP contribution in [0.2, 0.25) is 0 Å². The molecule has 0 saturated carbocycles. The van der Waals surface area contributed by atoms with E-state index in [0.29, 0.717) is 0 Å². The van der Waals surface area contributed by atoms with E-state index >= 15 is 0 Å². The highest BCUT2D eigenvalue weighted by Gasteiger charge is 2.00. The normalized spacial score (nSPS) is 15.9. The fourth-order valence-electron chi connectivity index (χ4n) is 1.41. The monoisotopic (exact) mass is 162 g/mol. The summed E-state index contributed by atoms with van der Waals surface area (Å²) in [5.41, 5.74) is 2.68. The predicted molar refractivity (Wildman–Crippen MR) is 55.1 cm³/mol. The highest BCUT2D eigenvalue weighted by Crippen LogP contribution is 2.20. The third-order valence-corrected chi connectivity index (χ3v) is 2.24. The number of hydrogen-bond acceptors (Lipinski definition) is 0. The number of rotatable bonds is 4. The summed E-state index contributed by atoms with van der Waals surface area (Å²) in [6.45, 7) is 6.32. The van der Waals surface area contributed by atoms with Gasteiger partial charge < -0.3 is 0 Å². The summed E-state index contributed by atoms with van der Waals surface area (Å²) < 4.78 is 0. The maximum Gasteiger partial charge on any atom is -0.0273 e. The van der Waals surface area contributed by atoms with Gasteiger partial charge in [-0.05, 0) is 36.8 Å². The summed E-state index contributed by atoms with van der Waals surface area (Å²) in [4.78, 5) is 0. The second-order valence-corrected chi connectivity index (χ2v) is 3.35. The zero-order valence-electron chi connectivity index (χ0n) is 7.97. The highest BCUT2D eigenvalue weighted by molar-refractivity contribution is 5.39. The van der Waals surface area contributed by atoms with Crippen molar-refractivity contribution in [1.29, 1.82) is 0 Å². The van der Waals surface area contributed by atoms with Crippen molar-refractivity contribution in [2.75, 3.05) is 0 Å². The van der Waals surface area contributed by atoms with Gasteiger partial charge in [0.1, 0.15) is 0 Å². The molecular formula is C12H18. The molecule has 1 aliphatic carbocycles. The van der Waals surface area contributed by atoms with E-state index in [1.165, 1.54) is 36.8 Å². The second kappa shape index (κ2) is 4.97. The Hall–Kier alpha value is -0.780. The molecule has 0 atom stereocenters. The zero-order valence-corrected chi connectivity index (χ0v) is 7.97. The van der Waals surface area contributed by atoms with E-state index in [0.717, 1.165) is 6.42 Å². The first-order valence-electron chi connectivity index (χ1n) is 4.89. The van der Waals surface area contributed by atoms with Gasteiger partial charge in [-0.15, -0.1) is 0 Å². The van der Waals surface area contributed by atoms with Crippen LogP contribution in [0.4, 0.5) is 0 Å². The minimum Gasteiger partial charge on any atom is -0.0952 e. The van der Waals surface area contributed by atoms with E-state index in [4.69, 9.17) is 0 Å². The molecule has 0 aliphatic heterocycles. The molecule has 1 aliphatic rings.